The number of benzene rings is 1. The maximum atomic E-state index is 5.69. The number of hydrogen-bond acceptors (Lipinski definition) is 3. The van der Waals surface area contributed by atoms with Crippen LogP contribution in [-0.2, 0) is 6.42 Å². The zero-order chi connectivity index (χ0) is 15.6. The minimum Gasteiger partial charge on any atom is -0.496 e. The van der Waals surface area contributed by atoms with Crippen LogP contribution in [0.4, 0.5) is 0 Å². The van der Waals surface area contributed by atoms with Gasteiger partial charge in [-0.25, -0.2) is 0 Å². The zero-order valence-corrected chi connectivity index (χ0v) is 15.6. The highest BCUT2D eigenvalue weighted by Gasteiger charge is 2.23. The van der Waals surface area contributed by atoms with Crippen LogP contribution in [0.1, 0.15) is 39.4 Å². The Labute approximate surface area is 139 Å². The molecule has 0 spiro atoms. The third kappa shape index (κ3) is 3.17. The maximum Gasteiger partial charge on any atom is 0.127 e. The highest BCUT2D eigenvalue weighted by atomic mass is 79.9. The summed E-state index contributed by atoms with van der Waals surface area (Å²) in [5, 5.41) is 3.45. The minimum atomic E-state index is 0.154. The topological polar surface area (TPSA) is 21.3 Å². The first kappa shape index (κ1) is 16.5. The van der Waals surface area contributed by atoms with Crippen molar-refractivity contribution in [2.75, 3.05) is 14.2 Å². The lowest BCUT2D eigenvalue weighted by Crippen LogP contribution is -2.19. The van der Waals surface area contributed by atoms with E-state index in [-0.39, 0.29) is 6.04 Å². The quantitative estimate of drug-likeness (QED) is 0.801. The van der Waals surface area contributed by atoms with Crippen molar-refractivity contribution >= 4 is 27.3 Å². The molecule has 1 atom stereocenters. The smallest absolute Gasteiger partial charge is 0.127 e. The fourth-order valence-corrected chi connectivity index (χ4v) is 4.29. The van der Waals surface area contributed by atoms with Gasteiger partial charge in [0.2, 0.25) is 0 Å². The van der Waals surface area contributed by atoms with Gasteiger partial charge in [0.15, 0.2) is 0 Å². The van der Waals surface area contributed by atoms with E-state index in [9.17, 15) is 0 Å². The summed E-state index contributed by atoms with van der Waals surface area (Å²) in [4.78, 5) is 2.74. The first-order chi connectivity index (χ1) is 10.0. The van der Waals surface area contributed by atoms with Crippen LogP contribution in [0.25, 0.3) is 0 Å². The van der Waals surface area contributed by atoms with E-state index in [4.69, 9.17) is 4.74 Å². The molecule has 0 saturated carbocycles. The first-order valence-electron chi connectivity index (χ1n) is 7.12. The first-order valence-corrected chi connectivity index (χ1v) is 8.73. The lowest BCUT2D eigenvalue weighted by molar-refractivity contribution is 0.402. The Bertz CT molecular complexity index is 636. The van der Waals surface area contributed by atoms with Gasteiger partial charge in [0.25, 0.3) is 0 Å². The van der Waals surface area contributed by atoms with Crippen LogP contribution in [0.5, 0.6) is 5.75 Å². The van der Waals surface area contributed by atoms with E-state index in [1.807, 2.05) is 18.4 Å². The molecule has 2 nitrogen and oxygen atoms in total. The van der Waals surface area contributed by atoms with E-state index >= 15 is 0 Å². The van der Waals surface area contributed by atoms with Crippen molar-refractivity contribution in [1.82, 2.24) is 5.32 Å². The van der Waals surface area contributed by atoms with Gasteiger partial charge in [-0.05, 0) is 56.6 Å². The summed E-state index contributed by atoms with van der Waals surface area (Å²) in [6.45, 7) is 6.42. The van der Waals surface area contributed by atoms with E-state index < -0.39 is 0 Å². The van der Waals surface area contributed by atoms with Gasteiger partial charge < -0.3 is 10.1 Å². The Hall–Kier alpha value is -0.840. The molecule has 1 N–H and O–H groups in total. The zero-order valence-electron chi connectivity index (χ0n) is 13.2. The van der Waals surface area contributed by atoms with Gasteiger partial charge in [0, 0.05) is 19.8 Å². The summed E-state index contributed by atoms with van der Waals surface area (Å²) in [5.41, 5.74) is 3.59. The Morgan fingerprint density at radius 3 is 2.57 bits per heavy atom. The number of rotatable bonds is 5. The number of hydrogen-bond donors (Lipinski definition) is 1. The second-order valence-corrected chi connectivity index (χ2v) is 7.18. The average Bonchev–Trinajstić information content (AvgIpc) is 2.94. The van der Waals surface area contributed by atoms with Gasteiger partial charge in [-0.2, -0.15) is 0 Å². The summed E-state index contributed by atoms with van der Waals surface area (Å²) < 4.78 is 6.82. The van der Waals surface area contributed by atoms with Crippen LogP contribution in [0, 0.1) is 13.8 Å². The van der Waals surface area contributed by atoms with Gasteiger partial charge >= 0.3 is 0 Å². The molecule has 4 heteroatoms. The standard InChI is InChI=1S/C17H22BrNOS/c1-6-12-7-8-14(21-12)16(19-4)15-11(3)13(18)9-10(2)17(15)20-5/h7-9,16,19H,6H2,1-5H3. The van der Waals surface area contributed by atoms with Crippen molar-refractivity contribution < 1.29 is 4.74 Å². The van der Waals surface area contributed by atoms with Crippen LogP contribution in [-0.4, -0.2) is 14.2 Å². The molecule has 1 unspecified atom stereocenters. The molecule has 21 heavy (non-hydrogen) atoms. The molecule has 1 aromatic carbocycles. The Balaban J connectivity index is 2.61. The van der Waals surface area contributed by atoms with E-state index in [0.717, 1.165) is 22.2 Å². The van der Waals surface area contributed by atoms with Crippen LogP contribution in [0.15, 0.2) is 22.7 Å². The Kier molecular flexibility index (Phi) is 5.47. The number of halogens is 1. The van der Waals surface area contributed by atoms with Gasteiger partial charge in [0.1, 0.15) is 5.75 Å². The molecule has 0 fully saturated rings. The van der Waals surface area contributed by atoms with Crippen LogP contribution in [0.2, 0.25) is 0 Å². The molecule has 0 radical (unpaired) electrons. The van der Waals surface area contributed by atoms with Crippen molar-refractivity contribution in [3.05, 3.63) is 49.1 Å². The van der Waals surface area contributed by atoms with Crippen molar-refractivity contribution in [1.29, 1.82) is 0 Å². The van der Waals surface area contributed by atoms with Gasteiger partial charge in [0.05, 0.1) is 13.2 Å². The van der Waals surface area contributed by atoms with Crippen molar-refractivity contribution in [2.45, 2.75) is 33.2 Å². The van der Waals surface area contributed by atoms with Crippen molar-refractivity contribution in [3.63, 3.8) is 0 Å². The molecular weight excluding hydrogens is 346 g/mol. The van der Waals surface area contributed by atoms with Crippen molar-refractivity contribution in [3.8, 4) is 5.75 Å². The summed E-state index contributed by atoms with van der Waals surface area (Å²) in [7, 11) is 3.75. The van der Waals surface area contributed by atoms with Crippen LogP contribution < -0.4 is 10.1 Å². The molecule has 0 aliphatic heterocycles. The largest absolute Gasteiger partial charge is 0.496 e. The van der Waals surface area contributed by atoms with Crippen molar-refractivity contribution in [2.24, 2.45) is 0 Å². The molecule has 1 aromatic heterocycles. The van der Waals surface area contributed by atoms with E-state index in [1.165, 1.54) is 20.9 Å². The SMILES string of the molecule is CCc1ccc(C(NC)c2c(C)c(Br)cc(C)c2OC)s1. The minimum absolute atomic E-state index is 0.154. The highest BCUT2D eigenvalue weighted by molar-refractivity contribution is 9.10. The van der Waals surface area contributed by atoms with E-state index in [0.29, 0.717) is 0 Å². The van der Waals surface area contributed by atoms with Gasteiger partial charge in [-0.3, -0.25) is 0 Å². The molecule has 0 bridgehead atoms. The molecule has 2 aromatic rings. The number of aryl methyl sites for hydroxylation is 2. The molecule has 0 saturated heterocycles. The second-order valence-electron chi connectivity index (χ2n) is 5.13. The number of thiophene rings is 1. The molecule has 2 rings (SSSR count). The Morgan fingerprint density at radius 2 is 2.05 bits per heavy atom. The van der Waals surface area contributed by atoms with E-state index in [2.05, 4.69) is 60.2 Å². The average molecular weight is 368 g/mol. The highest BCUT2D eigenvalue weighted by Crippen LogP contribution is 2.40. The third-order valence-electron chi connectivity index (χ3n) is 3.81. The van der Waals surface area contributed by atoms with Crippen LogP contribution >= 0.6 is 27.3 Å². The molecule has 0 aliphatic carbocycles. The predicted molar refractivity (Wildman–Crippen MR) is 94.8 cm³/mol. The molecule has 1 heterocycles. The fraction of sp³-hybridized carbons (Fsp3) is 0.412. The third-order valence-corrected chi connectivity index (χ3v) is 5.92. The molecular formula is C17H22BrNOS. The molecule has 114 valence electrons. The summed E-state index contributed by atoms with van der Waals surface area (Å²) in [5.74, 6) is 0.974. The van der Waals surface area contributed by atoms with E-state index in [1.54, 1.807) is 7.11 Å². The number of ether oxygens (including phenoxy) is 1. The number of methoxy groups -OCH3 is 1. The second kappa shape index (κ2) is 6.95. The fourth-order valence-electron chi connectivity index (χ4n) is 2.66. The normalized spacial score (nSPS) is 12.5. The predicted octanol–water partition coefficient (Wildman–Crippen LogP) is 5.01. The van der Waals surface area contributed by atoms with Gasteiger partial charge in [-0.15, -0.1) is 11.3 Å². The monoisotopic (exact) mass is 367 g/mol. The van der Waals surface area contributed by atoms with Gasteiger partial charge in [-0.1, -0.05) is 22.9 Å². The maximum absolute atomic E-state index is 5.69. The summed E-state index contributed by atoms with van der Waals surface area (Å²) >= 11 is 5.54. The molecule has 0 aliphatic rings. The lowest BCUT2D eigenvalue weighted by Gasteiger charge is -2.23. The summed E-state index contributed by atoms with van der Waals surface area (Å²) in [6.07, 6.45) is 1.08. The molecule has 0 amide bonds. The summed E-state index contributed by atoms with van der Waals surface area (Å²) in [6, 6.07) is 6.72. The number of nitrogens with one attached hydrogen (secondary N) is 1. The Morgan fingerprint density at radius 1 is 1.33 bits per heavy atom. The lowest BCUT2D eigenvalue weighted by atomic mass is 9.96. The van der Waals surface area contributed by atoms with Crippen LogP contribution in [0.3, 0.4) is 0 Å².